The van der Waals surface area contributed by atoms with Crippen LogP contribution in [0.3, 0.4) is 0 Å². The van der Waals surface area contributed by atoms with Gasteiger partial charge in [0.15, 0.2) is 0 Å². The van der Waals surface area contributed by atoms with E-state index in [4.69, 9.17) is 0 Å². The van der Waals surface area contributed by atoms with Gasteiger partial charge in [0.1, 0.15) is 0 Å². The van der Waals surface area contributed by atoms with E-state index in [9.17, 15) is 8.42 Å². The Morgan fingerprint density at radius 2 is 1.94 bits per heavy atom. The minimum absolute atomic E-state index is 0.277. The van der Waals surface area contributed by atoms with Gasteiger partial charge in [0.2, 0.25) is 10.0 Å². The van der Waals surface area contributed by atoms with Gasteiger partial charge < -0.3 is 0 Å². The first-order valence-electron chi connectivity index (χ1n) is 6.43. The SMILES string of the molecule is Cc1cccc(S(=O)(=O)N2CCCCC2(C)C)c1. The summed E-state index contributed by atoms with van der Waals surface area (Å²) in [6.45, 7) is 6.57. The molecule has 0 unspecified atom stereocenters. The molecule has 0 atom stereocenters. The van der Waals surface area contributed by atoms with Gasteiger partial charge in [-0.2, -0.15) is 4.31 Å². The lowest BCUT2D eigenvalue weighted by Gasteiger charge is -2.41. The molecule has 0 radical (unpaired) electrons. The Morgan fingerprint density at radius 1 is 1.22 bits per heavy atom. The van der Waals surface area contributed by atoms with Crippen molar-refractivity contribution < 1.29 is 8.42 Å². The molecule has 0 aliphatic carbocycles. The second-order valence-corrected chi connectivity index (χ2v) is 7.53. The highest BCUT2D eigenvalue weighted by Crippen LogP contribution is 2.32. The third-order valence-corrected chi connectivity index (χ3v) is 5.76. The zero-order valence-corrected chi connectivity index (χ0v) is 12.1. The molecular formula is C14H21NO2S. The molecule has 1 saturated heterocycles. The summed E-state index contributed by atoms with van der Waals surface area (Å²) in [6.07, 6.45) is 2.99. The summed E-state index contributed by atoms with van der Waals surface area (Å²) in [7, 11) is -3.36. The van der Waals surface area contributed by atoms with Crippen LogP contribution in [-0.4, -0.2) is 24.8 Å². The Bertz CT molecular complexity index is 534. The lowest BCUT2D eigenvalue weighted by atomic mass is 9.93. The molecule has 1 aromatic rings. The molecule has 18 heavy (non-hydrogen) atoms. The molecule has 0 spiro atoms. The average Bonchev–Trinajstić information content (AvgIpc) is 2.28. The van der Waals surface area contributed by atoms with Crippen molar-refractivity contribution in [2.24, 2.45) is 0 Å². The van der Waals surface area contributed by atoms with Crippen LogP contribution in [0.15, 0.2) is 29.2 Å². The summed E-state index contributed by atoms with van der Waals surface area (Å²) in [5.41, 5.74) is 0.701. The summed E-state index contributed by atoms with van der Waals surface area (Å²) in [5.74, 6) is 0. The summed E-state index contributed by atoms with van der Waals surface area (Å²) < 4.78 is 27.0. The summed E-state index contributed by atoms with van der Waals surface area (Å²) >= 11 is 0. The first-order chi connectivity index (χ1) is 8.34. The Morgan fingerprint density at radius 3 is 2.56 bits per heavy atom. The number of rotatable bonds is 2. The quantitative estimate of drug-likeness (QED) is 0.826. The minimum atomic E-state index is -3.36. The van der Waals surface area contributed by atoms with Crippen molar-refractivity contribution in [2.45, 2.75) is 50.5 Å². The minimum Gasteiger partial charge on any atom is -0.207 e. The molecule has 1 aliphatic rings. The van der Waals surface area contributed by atoms with Crippen molar-refractivity contribution in [2.75, 3.05) is 6.54 Å². The first kappa shape index (κ1) is 13.6. The highest BCUT2D eigenvalue weighted by molar-refractivity contribution is 7.89. The Kier molecular flexibility index (Phi) is 3.52. The van der Waals surface area contributed by atoms with E-state index >= 15 is 0 Å². The van der Waals surface area contributed by atoms with Gasteiger partial charge in [0.25, 0.3) is 0 Å². The number of aryl methyl sites for hydroxylation is 1. The smallest absolute Gasteiger partial charge is 0.207 e. The number of piperidine rings is 1. The van der Waals surface area contributed by atoms with Crippen LogP contribution in [-0.2, 0) is 10.0 Å². The fraction of sp³-hybridized carbons (Fsp3) is 0.571. The predicted octanol–water partition coefficient (Wildman–Crippen LogP) is 2.95. The van der Waals surface area contributed by atoms with Crippen LogP contribution >= 0.6 is 0 Å². The Labute approximate surface area is 110 Å². The maximum atomic E-state index is 12.7. The molecule has 4 heteroatoms. The van der Waals surface area contributed by atoms with Gasteiger partial charge in [-0.3, -0.25) is 0 Å². The molecule has 0 aromatic heterocycles. The van der Waals surface area contributed by atoms with Crippen molar-refractivity contribution in [3.63, 3.8) is 0 Å². The fourth-order valence-corrected chi connectivity index (χ4v) is 4.54. The van der Waals surface area contributed by atoms with E-state index in [0.29, 0.717) is 11.4 Å². The van der Waals surface area contributed by atoms with Gasteiger partial charge in [0.05, 0.1) is 4.90 Å². The summed E-state index contributed by atoms with van der Waals surface area (Å²) in [4.78, 5) is 0.414. The normalized spacial score (nSPS) is 20.8. The monoisotopic (exact) mass is 267 g/mol. The predicted molar refractivity (Wildman–Crippen MR) is 73.0 cm³/mol. The first-order valence-corrected chi connectivity index (χ1v) is 7.87. The number of benzene rings is 1. The largest absolute Gasteiger partial charge is 0.243 e. The van der Waals surface area contributed by atoms with E-state index in [1.54, 1.807) is 22.5 Å². The second-order valence-electron chi connectivity index (χ2n) is 5.66. The molecule has 0 amide bonds. The Balaban J connectivity index is 2.42. The van der Waals surface area contributed by atoms with Crippen LogP contribution in [0.2, 0.25) is 0 Å². The van der Waals surface area contributed by atoms with Gasteiger partial charge in [-0.15, -0.1) is 0 Å². The van der Waals surface area contributed by atoms with Crippen molar-refractivity contribution in [3.8, 4) is 0 Å². The maximum absolute atomic E-state index is 12.7. The zero-order chi connectivity index (χ0) is 13.4. The molecule has 100 valence electrons. The van der Waals surface area contributed by atoms with Crippen molar-refractivity contribution in [3.05, 3.63) is 29.8 Å². The van der Waals surface area contributed by atoms with E-state index in [2.05, 4.69) is 0 Å². The topological polar surface area (TPSA) is 37.4 Å². The van der Waals surface area contributed by atoms with E-state index in [1.807, 2.05) is 26.8 Å². The lowest BCUT2D eigenvalue weighted by Crippen LogP contribution is -2.50. The third-order valence-electron chi connectivity index (χ3n) is 3.65. The van der Waals surface area contributed by atoms with Gasteiger partial charge in [-0.25, -0.2) is 8.42 Å². The third kappa shape index (κ3) is 2.45. The van der Waals surface area contributed by atoms with Crippen LogP contribution in [0, 0.1) is 6.92 Å². The van der Waals surface area contributed by atoms with Gasteiger partial charge in [-0.1, -0.05) is 18.6 Å². The summed E-state index contributed by atoms with van der Waals surface area (Å²) in [5, 5.41) is 0. The lowest BCUT2D eigenvalue weighted by molar-refractivity contribution is 0.170. The molecule has 1 heterocycles. The molecule has 3 nitrogen and oxygen atoms in total. The molecule has 1 aromatic carbocycles. The molecular weight excluding hydrogens is 246 g/mol. The summed E-state index contributed by atoms with van der Waals surface area (Å²) in [6, 6.07) is 7.16. The van der Waals surface area contributed by atoms with Gasteiger partial charge in [-0.05, 0) is 51.3 Å². The van der Waals surface area contributed by atoms with Crippen LogP contribution in [0.1, 0.15) is 38.7 Å². The van der Waals surface area contributed by atoms with Crippen LogP contribution in [0.25, 0.3) is 0 Å². The van der Waals surface area contributed by atoms with Gasteiger partial charge in [0, 0.05) is 12.1 Å². The van der Waals surface area contributed by atoms with Crippen LogP contribution in [0.5, 0.6) is 0 Å². The van der Waals surface area contributed by atoms with Crippen molar-refractivity contribution >= 4 is 10.0 Å². The highest BCUT2D eigenvalue weighted by Gasteiger charge is 2.38. The Hall–Kier alpha value is -0.870. The molecule has 1 fully saturated rings. The molecule has 0 N–H and O–H groups in total. The van der Waals surface area contributed by atoms with Gasteiger partial charge >= 0.3 is 0 Å². The molecule has 0 bridgehead atoms. The fourth-order valence-electron chi connectivity index (χ4n) is 2.59. The van der Waals surface area contributed by atoms with Crippen LogP contribution in [0.4, 0.5) is 0 Å². The zero-order valence-electron chi connectivity index (χ0n) is 11.3. The highest BCUT2D eigenvalue weighted by atomic mass is 32.2. The molecule has 0 saturated carbocycles. The molecule has 2 rings (SSSR count). The van der Waals surface area contributed by atoms with E-state index in [1.165, 1.54) is 0 Å². The van der Waals surface area contributed by atoms with Crippen molar-refractivity contribution in [1.29, 1.82) is 0 Å². The van der Waals surface area contributed by atoms with E-state index in [-0.39, 0.29) is 5.54 Å². The number of sulfonamides is 1. The number of hydrogen-bond acceptors (Lipinski definition) is 2. The van der Waals surface area contributed by atoms with Crippen molar-refractivity contribution in [1.82, 2.24) is 4.31 Å². The van der Waals surface area contributed by atoms with E-state index in [0.717, 1.165) is 24.8 Å². The standard InChI is InChI=1S/C14H21NO2S/c1-12-7-6-8-13(11-12)18(16,17)15-10-5-4-9-14(15,2)3/h6-8,11H,4-5,9-10H2,1-3H3. The average molecular weight is 267 g/mol. The maximum Gasteiger partial charge on any atom is 0.243 e. The number of hydrogen-bond donors (Lipinski definition) is 0. The number of nitrogens with zero attached hydrogens (tertiary/aromatic N) is 1. The van der Waals surface area contributed by atoms with E-state index < -0.39 is 10.0 Å². The second kappa shape index (κ2) is 4.67. The molecule has 1 aliphatic heterocycles. The van der Waals surface area contributed by atoms with Crippen LogP contribution < -0.4 is 0 Å².